The van der Waals surface area contributed by atoms with Crippen LogP contribution < -0.4 is 11.5 Å². The van der Waals surface area contributed by atoms with Crippen LogP contribution >= 0.6 is 46.4 Å². The van der Waals surface area contributed by atoms with Gasteiger partial charge in [-0.05, 0) is 38.1 Å². The fraction of sp³-hybridized carbons (Fsp3) is 0.0645. The van der Waals surface area contributed by atoms with Crippen molar-refractivity contribution in [2.45, 2.75) is 13.8 Å². The molecule has 55 heavy (non-hydrogen) atoms. The fourth-order valence-corrected chi connectivity index (χ4v) is 6.21. The lowest BCUT2D eigenvalue weighted by molar-refractivity contribution is 0.423. The van der Waals surface area contributed by atoms with Crippen molar-refractivity contribution in [2.75, 3.05) is 11.5 Å². The van der Waals surface area contributed by atoms with Crippen LogP contribution in [0, 0.1) is 36.5 Å². The first kappa shape index (κ1) is 36.4. The number of azo groups is 2. The maximum atomic E-state index is 10.6. The van der Waals surface area contributed by atoms with Gasteiger partial charge in [-0.25, -0.2) is 9.36 Å². The van der Waals surface area contributed by atoms with E-state index in [9.17, 15) is 15.6 Å². The van der Waals surface area contributed by atoms with Gasteiger partial charge in [-0.1, -0.05) is 58.5 Å². The highest BCUT2D eigenvalue weighted by molar-refractivity contribution is 6.38. The monoisotopic (exact) mass is 813 g/mol. The lowest BCUT2D eigenvalue weighted by Crippen LogP contribution is -2.13. The van der Waals surface area contributed by atoms with E-state index in [0.717, 1.165) is 9.36 Å². The zero-order chi connectivity index (χ0) is 39.1. The smallest absolute Gasteiger partial charge is 0.320 e. The predicted octanol–water partition coefficient (Wildman–Crippen LogP) is 7.29. The molecular formula is C31H19Cl4N19O. The Hall–Kier alpha value is -6.97. The molecule has 0 aliphatic rings. The van der Waals surface area contributed by atoms with E-state index in [1.807, 2.05) is 12.1 Å². The number of benzene rings is 2. The summed E-state index contributed by atoms with van der Waals surface area (Å²) < 4.78 is 4.71. The minimum atomic E-state index is -0.732. The van der Waals surface area contributed by atoms with Gasteiger partial charge >= 0.3 is 6.01 Å². The molecule has 5 N–H and O–H groups in total. The molecule has 5 aromatic heterocycles. The standard InChI is InChI=1S/C31H19Cl4N19O/c1-13-21(45-47-27-15(9-36)11-40-51(27)23-17(32)5-3-6-18(23)33)25(38)53(49-13)29-42-30(44-31(55)43-29)54-26(39)22(14(2)50-54)46-48-28-16(10-37)12-41-52(28)24-19(34)7-4-8-20(24)35/h3-8,11-12H,38-39H2,1-2H3,(H,42,43,44,55). The van der Waals surface area contributed by atoms with E-state index in [1.165, 1.54) is 21.8 Å². The predicted molar refractivity (Wildman–Crippen MR) is 199 cm³/mol. The molecule has 2 aromatic carbocycles. The zero-order valence-electron chi connectivity index (χ0n) is 27.8. The van der Waals surface area contributed by atoms with Gasteiger partial charge in [0.15, 0.2) is 34.6 Å². The van der Waals surface area contributed by atoms with Crippen LogP contribution in [0.3, 0.4) is 0 Å². The second-order valence-electron chi connectivity index (χ2n) is 11.0. The van der Waals surface area contributed by atoms with Crippen LogP contribution in [0.2, 0.25) is 20.1 Å². The SMILES string of the molecule is Cc1nn(-c2nc(O)nc(-n3nc(C)c(N=Nc4c(C#N)cnn4-c4c(Cl)cccc4Cl)c3N)n2)c(N)c1N=Nc1c(C#N)cnn1-c1c(Cl)cccc1Cl. The summed E-state index contributed by atoms with van der Waals surface area (Å²) in [7, 11) is 0. The zero-order valence-corrected chi connectivity index (χ0v) is 30.9. The number of nitrogen functional groups attached to an aromatic ring is 2. The lowest BCUT2D eigenvalue weighted by Gasteiger charge is -2.08. The Morgan fingerprint density at radius 2 is 1.00 bits per heavy atom. The average molecular weight is 815 g/mol. The van der Waals surface area contributed by atoms with Crippen LogP contribution in [-0.4, -0.2) is 59.2 Å². The normalized spacial score (nSPS) is 11.5. The highest BCUT2D eigenvalue weighted by Crippen LogP contribution is 2.37. The molecule has 5 heterocycles. The molecular weight excluding hydrogens is 796 g/mol. The molecule has 24 heteroatoms. The second-order valence-corrected chi connectivity index (χ2v) is 12.7. The van der Waals surface area contributed by atoms with E-state index in [2.05, 4.69) is 55.8 Å². The molecule has 0 fully saturated rings. The van der Waals surface area contributed by atoms with E-state index in [0.29, 0.717) is 0 Å². The number of nitriles is 2. The number of nitrogens with zero attached hydrogens (tertiary/aromatic N) is 17. The van der Waals surface area contributed by atoms with Gasteiger partial charge in [-0.15, -0.1) is 20.5 Å². The number of nitrogens with two attached hydrogens (primary N) is 2. The van der Waals surface area contributed by atoms with Crippen molar-refractivity contribution in [1.82, 2.24) is 54.1 Å². The van der Waals surface area contributed by atoms with E-state index < -0.39 is 6.01 Å². The summed E-state index contributed by atoms with van der Waals surface area (Å²) in [5.74, 6) is -0.651. The van der Waals surface area contributed by atoms with E-state index in [1.54, 1.807) is 50.2 Å². The van der Waals surface area contributed by atoms with Gasteiger partial charge in [0, 0.05) is 0 Å². The number of aromatic nitrogens is 11. The van der Waals surface area contributed by atoms with Gasteiger partial charge in [-0.3, -0.25) is 0 Å². The molecule has 0 bridgehead atoms. The molecule has 0 radical (unpaired) electrons. The first-order chi connectivity index (χ1) is 26.4. The molecule has 0 saturated carbocycles. The molecule has 0 unspecified atom stereocenters. The molecule has 0 spiro atoms. The van der Waals surface area contributed by atoms with Crippen LogP contribution in [0.1, 0.15) is 22.5 Å². The Balaban J connectivity index is 1.24. The third kappa shape index (κ3) is 6.51. The van der Waals surface area contributed by atoms with E-state index in [4.69, 9.17) is 57.9 Å². The number of aryl methyl sites for hydroxylation is 2. The maximum Gasteiger partial charge on any atom is 0.320 e. The second kappa shape index (κ2) is 14.5. The van der Waals surface area contributed by atoms with Crippen LogP contribution in [0.25, 0.3) is 23.3 Å². The summed E-state index contributed by atoms with van der Waals surface area (Å²) in [6, 6.07) is 13.0. The molecule has 7 rings (SSSR count). The molecule has 7 aromatic rings. The number of hydrogen-bond donors (Lipinski definition) is 3. The molecule has 0 aliphatic heterocycles. The topological polar surface area (TPSA) is 279 Å². The summed E-state index contributed by atoms with van der Waals surface area (Å²) in [4.78, 5) is 12.3. The number of rotatable bonds is 8. The van der Waals surface area contributed by atoms with Gasteiger partial charge < -0.3 is 16.6 Å². The van der Waals surface area contributed by atoms with Crippen LogP contribution in [0.15, 0.2) is 69.2 Å². The van der Waals surface area contributed by atoms with Crippen molar-refractivity contribution >= 4 is 81.0 Å². The summed E-state index contributed by atoms with van der Waals surface area (Å²) in [5.41, 5.74) is 14.3. The van der Waals surface area contributed by atoms with Gasteiger partial charge in [-0.2, -0.15) is 55.2 Å². The molecule has 0 saturated heterocycles. The minimum absolute atomic E-state index is 0.0163. The van der Waals surface area contributed by atoms with E-state index >= 15 is 0 Å². The third-order valence-corrected chi connectivity index (χ3v) is 8.84. The molecule has 0 aliphatic carbocycles. The number of halogens is 4. The van der Waals surface area contributed by atoms with Crippen molar-refractivity contribution in [3.63, 3.8) is 0 Å². The van der Waals surface area contributed by atoms with Gasteiger partial charge in [0.1, 0.15) is 34.6 Å². The van der Waals surface area contributed by atoms with Crippen molar-refractivity contribution in [1.29, 1.82) is 10.5 Å². The van der Waals surface area contributed by atoms with Crippen molar-refractivity contribution < 1.29 is 5.11 Å². The Kier molecular flexibility index (Phi) is 9.56. The molecule has 0 atom stereocenters. The van der Waals surface area contributed by atoms with E-state index in [-0.39, 0.29) is 101 Å². The summed E-state index contributed by atoms with van der Waals surface area (Å²) in [6.07, 6.45) is 2.57. The van der Waals surface area contributed by atoms with Crippen molar-refractivity contribution in [2.24, 2.45) is 20.5 Å². The molecule has 0 amide bonds. The van der Waals surface area contributed by atoms with Crippen molar-refractivity contribution in [3.8, 4) is 41.4 Å². The minimum Gasteiger partial charge on any atom is -0.479 e. The summed E-state index contributed by atoms with van der Waals surface area (Å²) in [5, 5.41) is 65.2. The number of anilines is 2. The van der Waals surface area contributed by atoms with Crippen LogP contribution in [0.4, 0.5) is 34.6 Å². The molecule has 20 nitrogen and oxygen atoms in total. The first-order valence-corrected chi connectivity index (χ1v) is 16.8. The highest BCUT2D eigenvalue weighted by Gasteiger charge is 2.23. The Labute approximate surface area is 328 Å². The lowest BCUT2D eigenvalue weighted by atomic mass is 10.3. The van der Waals surface area contributed by atoms with Gasteiger partial charge in [0.25, 0.3) is 11.9 Å². The number of para-hydroxylation sites is 2. The van der Waals surface area contributed by atoms with Gasteiger partial charge in [0.05, 0.1) is 43.9 Å². The Morgan fingerprint density at radius 3 is 1.36 bits per heavy atom. The number of hydrogen-bond acceptors (Lipinski definition) is 16. The number of aromatic hydroxyl groups is 1. The summed E-state index contributed by atoms with van der Waals surface area (Å²) >= 11 is 25.5. The summed E-state index contributed by atoms with van der Waals surface area (Å²) in [6.45, 7) is 3.18. The Morgan fingerprint density at radius 1 is 0.618 bits per heavy atom. The van der Waals surface area contributed by atoms with Crippen LogP contribution in [0.5, 0.6) is 6.01 Å². The highest BCUT2D eigenvalue weighted by atomic mass is 35.5. The maximum absolute atomic E-state index is 10.6. The fourth-order valence-electron chi connectivity index (χ4n) is 5.10. The first-order valence-electron chi connectivity index (χ1n) is 15.3. The van der Waals surface area contributed by atoms with Crippen LogP contribution in [-0.2, 0) is 0 Å². The van der Waals surface area contributed by atoms with Gasteiger partial charge in [0.2, 0.25) is 0 Å². The average Bonchev–Trinajstić information content (AvgIpc) is 3.89. The Bertz CT molecular complexity index is 2590. The largest absolute Gasteiger partial charge is 0.479 e. The molecule has 272 valence electrons. The van der Waals surface area contributed by atoms with Crippen molar-refractivity contribution in [3.05, 3.63) is 91.4 Å². The third-order valence-electron chi connectivity index (χ3n) is 7.62. The quantitative estimate of drug-likeness (QED) is 0.128.